The fourth-order valence-electron chi connectivity index (χ4n) is 4.06. The molecule has 28 heavy (non-hydrogen) atoms. The quantitative estimate of drug-likeness (QED) is 0.720. The molecule has 2 heterocycles. The van der Waals surface area contributed by atoms with E-state index in [-0.39, 0.29) is 5.78 Å². The third-order valence-corrected chi connectivity index (χ3v) is 5.71. The van der Waals surface area contributed by atoms with Gasteiger partial charge >= 0.3 is 0 Å². The Balaban J connectivity index is 1.34. The van der Waals surface area contributed by atoms with E-state index >= 15 is 0 Å². The van der Waals surface area contributed by atoms with Gasteiger partial charge in [-0.25, -0.2) is 0 Å². The molecule has 0 aromatic heterocycles. The average molecular weight is 380 g/mol. The molecule has 5 heteroatoms. The molecule has 5 nitrogen and oxygen atoms in total. The van der Waals surface area contributed by atoms with Crippen molar-refractivity contribution < 1.29 is 14.3 Å². The minimum Gasteiger partial charge on any atom is -0.496 e. The summed E-state index contributed by atoms with van der Waals surface area (Å²) >= 11 is 0. The van der Waals surface area contributed by atoms with Crippen molar-refractivity contribution in [2.75, 3.05) is 39.9 Å². The molecule has 0 radical (unpaired) electrons. The number of Topliss-reactive ketones (excluding diaryl/α,β-unsaturated/α-hetero) is 1. The first-order valence-corrected chi connectivity index (χ1v) is 9.99. The van der Waals surface area contributed by atoms with E-state index in [1.165, 1.54) is 11.1 Å². The number of carbonyl (C=O) groups excluding carboxylic acids is 1. The Morgan fingerprint density at radius 1 is 1.04 bits per heavy atom. The Hall–Kier alpha value is -2.37. The van der Waals surface area contributed by atoms with Crippen LogP contribution in [0.5, 0.6) is 11.5 Å². The second kappa shape index (κ2) is 8.33. The van der Waals surface area contributed by atoms with E-state index < -0.39 is 0 Å². The van der Waals surface area contributed by atoms with Gasteiger partial charge in [-0.3, -0.25) is 14.6 Å². The highest BCUT2D eigenvalue weighted by atomic mass is 16.5. The van der Waals surface area contributed by atoms with Gasteiger partial charge in [0.05, 0.1) is 13.7 Å². The summed E-state index contributed by atoms with van der Waals surface area (Å²) < 4.78 is 11.1. The molecule has 0 spiro atoms. The molecule has 0 unspecified atom stereocenters. The summed E-state index contributed by atoms with van der Waals surface area (Å²) in [6, 6.07) is 12.3. The van der Waals surface area contributed by atoms with Crippen molar-refractivity contribution >= 4 is 5.78 Å². The summed E-state index contributed by atoms with van der Waals surface area (Å²) in [5.41, 5.74) is 4.54. The zero-order chi connectivity index (χ0) is 19.5. The lowest BCUT2D eigenvalue weighted by atomic mass is 10.1. The smallest absolute Gasteiger partial charge is 0.159 e. The molecule has 2 aliphatic heterocycles. The van der Waals surface area contributed by atoms with Crippen molar-refractivity contribution in [1.29, 1.82) is 0 Å². The molecule has 2 aromatic rings. The van der Waals surface area contributed by atoms with Gasteiger partial charge in [0.1, 0.15) is 11.5 Å². The molecule has 0 amide bonds. The first-order chi connectivity index (χ1) is 13.6. The first-order valence-electron chi connectivity index (χ1n) is 9.99. The monoisotopic (exact) mass is 380 g/mol. The maximum Gasteiger partial charge on any atom is 0.159 e. The largest absolute Gasteiger partial charge is 0.496 e. The van der Waals surface area contributed by atoms with Crippen LogP contribution < -0.4 is 9.47 Å². The standard InChI is InChI=1S/C23H28N2O3/c1-17(26)19-4-6-22(27-2)21(14-19)16-25-10-8-24(9-11-25)15-18-3-5-23-20(13-18)7-12-28-23/h3-6,13-14H,7-12,15-16H2,1-2H3. The highest BCUT2D eigenvalue weighted by Gasteiger charge is 2.20. The van der Waals surface area contributed by atoms with Crippen LogP contribution in [0.1, 0.15) is 34.0 Å². The molecular formula is C23H28N2O3. The summed E-state index contributed by atoms with van der Waals surface area (Å²) in [4.78, 5) is 16.7. The van der Waals surface area contributed by atoms with E-state index in [9.17, 15) is 4.79 Å². The fourth-order valence-corrected chi connectivity index (χ4v) is 4.06. The van der Waals surface area contributed by atoms with Crippen LogP contribution in [0.15, 0.2) is 36.4 Å². The third kappa shape index (κ3) is 4.21. The Labute approximate surface area is 166 Å². The molecule has 0 saturated carbocycles. The number of ether oxygens (including phenoxy) is 2. The molecule has 1 fully saturated rings. The van der Waals surface area contributed by atoms with Gasteiger partial charge in [0.15, 0.2) is 5.78 Å². The summed E-state index contributed by atoms with van der Waals surface area (Å²) in [5, 5.41) is 0. The number of methoxy groups -OCH3 is 1. The molecule has 0 atom stereocenters. The number of fused-ring (bicyclic) bond motifs is 1. The van der Waals surface area contributed by atoms with Gasteiger partial charge < -0.3 is 9.47 Å². The molecule has 1 saturated heterocycles. The summed E-state index contributed by atoms with van der Waals surface area (Å²) in [7, 11) is 1.69. The molecule has 2 aliphatic rings. The molecule has 0 aliphatic carbocycles. The second-order valence-electron chi connectivity index (χ2n) is 7.68. The van der Waals surface area contributed by atoms with Crippen LogP contribution in [0, 0.1) is 0 Å². The lowest BCUT2D eigenvalue weighted by Crippen LogP contribution is -2.45. The molecule has 4 rings (SSSR count). The predicted molar refractivity (Wildman–Crippen MR) is 109 cm³/mol. The van der Waals surface area contributed by atoms with Gasteiger partial charge in [0.25, 0.3) is 0 Å². The zero-order valence-corrected chi connectivity index (χ0v) is 16.7. The van der Waals surface area contributed by atoms with Gasteiger partial charge in [0, 0.05) is 56.8 Å². The van der Waals surface area contributed by atoms with E-state index in [2.05, 4.69) is 28.0 Å². The Morgan fingerprint density at radius 3 is 2.50 bits per heavy atom. The third-order valence-electron chi connectivity index (χ3n) is 5.71. The lowest BCUT2D eigenvalue weighted by molar-refractivity contribution is 0.101. The number of piperazine rings is 1. The van der Waals surface area contributed by atoms with Gasteiger partial charge in [-0.2, -0.15) is 0 Å². The second-order valence-corrected chi connectivity index (χ2v) is 7.68. The van der Waals surface area contributed by atoms with Crippen LogP contribution in [0.4, 0.5) is 0 Å². The van der Waals surface area contributed by atoms with Crippen LogP contribution >= 0.6 is 0 Å². The SMILES string of the molecule is COc1ccc(C(C)=O)cc1CN1CCN(Cc2ccc3c(c2)CCO3)CC1. The van der Waals surface area contributed by atoms with Crippen LogP contribution in [0.2, 0.25) is 0 Å². The number of hydrogen-bond donors (Lipinski definition) is 0. The normalized spacial score (nSPS) is 17.2. The van der Waals surface area contributed by atoms with Crippen molar-refractivity contribution in [2.45, 2.75) is 26.4 Å². The van der Waals surface area contributed by atoms with Crippen LogP contribution in [0.25, 0.3) is 0 Å². The number of benzene rings is 2. The number of rotatable bonds is 6. The number of nitrogens with zero attached hydrogens (tertiary/aromatic N) is 2. The molecule has 0 N–H and O–H groups in total. The maximum absolute atomic E-state index is 11.7. The Morgan fingerprint density at radius 2 is 1.79 bits per heavy atom. The summed E-state index contributed by atoms with van der Waals surface area (Å²) in [5.74, 6) is 2.00. The zero-order valence-electron chi connectivity index (χ0n) is 16.7. The van der Waals surface area contributed by atoms with Gasteiger partial charge in [-0.05, 0) is 42.3 Å². The first kappa shape index (κ1) is 19.0. The van der Waals surface area contributed by atoms with Crippen molar-refractivity contribution in [1.82, 2.24) is 9.80 Å². The van der Waals surface area contributed by atoms with Crippen molar-refractivity contribution in [2.24, 2.45) is 0 Å². The maximum atomic E-state index is 11.7. The lowest BCUT2D eigenvalue weighted by Gasteiger charge is -2.35. The molecule has 2 aromatic carbocycles. The van der Waals surface area contributed by atoms with E-state index in [1.54, 1.807) is 14.0 Å². The van der Waals surface area contributed by atoms with Crippen LogP contribution in [-0.4, -0.2) is 55.5 Å². The summed E-state index contributed by atoms with van der Waals surface area (Å²) in [6.07, 6.45) is 1.03. The van der Waals surface area contributed by atoms with E-state index in [0.29, 0.717) is 0 Å². The highest BCUT2D eigenvalue weighted by molar-refractivity contribution is 5.94. The minimum absolute atomic E-state index is 0.0912. The van der Waals surface area contributed by atoms with Crippen LogP contribution in [0.3, 0.4) is 0 Å². The van der Waals surface area contributed by atoms with Gasteiger partial charge in [-0.15, -0.1) is 0 Å². The predicted octanol–water partition coefficient (Wildman–Crippen LogP) is 3.15. The Kier molecular flexibility index (Phi) is 5.64. The van der Waals surface area contributed by atoms with E-state index in [0.717, 1.165) is 74.9 Å². The molecule has 148 valence electrons. The van der Waals surface area contributed by atoms with E-state index in [4.69, 9.17) is 9.47 Å². The topological polar surface area (TPSA) is 42.0 Å². The van der Waals surface area contributed by atoms with Crippen LogP contribution in [-0.2, 0) is 19.5 Å². The number of carbonyl (C=O) groups is 1. The summed E-state index contributed by atoms with van der Waals surface area (Å²) in [6.45, 7) is 8.34. The van der Waals surface area contributed by atoms with Crippen molar-refractivity contribution in [3.05, 3.63) is 58.7 Å². The number of hydrogen-bond acceptors (Lipinski definition) is 5. The number of ketones is 1. The van der Waals surface area contributed by atoms with E-state index in [1.807, 2.05) is 18.2 Å². The fraction of sp³-hybridized carbons (Fsp3) is 0.435. The highest BCUT2D eigenvalue weighted by Crippen LogP contribution is 2.27. The average Bonchev–Trinajstić information content (AvgIpc) is 3.17. The van der Waals surface area contributed by atoms with Crippen molar-refractivity contribution in [3.63, 3.8) is 0 Å². The van der Waals surface area contributed by atoms with Crippen molar-refractivity contribution in [3.8, 4) is 11.5 Å². The van der Waals surface area contributed by atoms with Gasteiger partial charge in [0.2, 0.25) is 0 Å². The van der Waals surface area contributed by atoms with Gasteiger partial charge in [-0.1, -0.05) is 12.1 Å². The molecular weight excluding hydrogens is 352 g/mol. The minimum atomic E-state index is 0.0912. The molecule has 0 bridgehead atoms. The Bertz CT molecular complexity index is 857.